The first-order valence-corrected chi connectivity index (χ1v) is 9.51. The Kier molecular flexibility index (Phi) is 4.54. The number of aryl methyl sites for hydroxylation is 1. The van der Waals surface area contributed by atoms with Crippen LogP contribution in [0.3, 0.4) is 0 Å². The van der Waals surface area contributed by atoms with Crippen LogP contribution in [0.5, 0.6) is 0 Å². The van der Waals surface area contributed by atoms with E-state index in [9.17, 15) is 0 Å². The maximum atomic E-state index is 2.72. The zero-order chi connectivity index (χ0) is 15.6. The number of rotatable bonds is 5. The van der Waals surface area contributed by atoms with Crippen molar-refractivity contribution in [3.8, 4) is 0 Å². The van der Waals surface area contributed by atoms with Crippen molar-refractivity contribution in [3.05, 3.63) is 47.5 Å². The zero-order valence-electron chi connectivity index (χ0n) is 14.5. The summed E-state index contributed by atoms with van der Waals surface area (Å²) in [6.45, 7) is 9.65. The highest BCUT2D eigenvalue weighted by atomic mass is 15.3. The van der Waals surface area contributed by atoms with Crippen molar-refractivity contribution in [1.29, 1.82) is 0 Å². The van der Waals surface area contributed by atoms with Crippen LogP contribution in [0.4, 0.5) is 0 Å². The lowest BCUT2D eigenvalue weighted by atomic mass is 9.93. The highest BCUT2D eigenvalue weighted by Crippen LogP contribution is 2.43. The first-order valence-electron chi connectivity index (χ1n) is 9.51. The number of nitrogens with zero attached hydrogens (tertiary/aromatic N) is 2. The molecular formula is C21H30N2. The second-order valence-corrected chi connectivity index (χ2v) is 7.79. The highest BCUT2D eigenvalue weighted by molar-refractivity contribution is 5.22. The van der Waals surface area contributed by atoms with Gasteiger partial charge in [-0.05, 0) is 48.1 Å². The lowest BCUT2D eigenvalue weighted by Gasteiger charge is -2.37. The van der Waals surface area contributed by atoms with E-state index < -0.39 is 0 Å². The van der Waals surface area contributed by atoms with E-state index in [-0.39, 0.29) is 0 Å². The molecule has 1 saturated heterocycles. The van der Waals surface area contributed by atoms with E-state index in [0.29, 0.717) is 0 Å². The molecule has 0 N–H and O–H groups in total. The van der Waals surface area contributed by atoms with E-state index in [2.05, 4.69) is 53.1 Å². The van der Waals surface area contributed by atoms with Crippen molar-refractivity contribution in [1.82, 2.24) is 9.80 Å². The summed E-state index contributed by atoms with van der Waals surface area (Å²) in [5.74, 6) is 2.76. The molecule has 1 aliphatic heterocycles. The van der Waals surface area contributed by atoms with Gasteiger partial charge in [0.25, 0.3) is 0 Å². The monoisotopic (exact) mass is 310 g/mol. The summed E-state index contributed by atoms with van der Waals surface area (Å²) in [5.41, 5.74) is 2.91. The van der Waals surface area contributed by atoms with Gasteiger partial charge in [-0.1, -0.05) is 43.3 Å². The lowest BCUT2D eigenvalue weighted by molar-refractivity contribution is 0.108. The maximum Gasteiger partial charge on any atom is 0.0234 e. The largest absolute Gasteiger partial charge is 0.300 e. The topological polar surface area (TPSA) is 6.48 Å². The summed E-state index contributed by atoms with van der Waals surface area (Å²) in [4.78, 5) is 5.34. The molecular weight excluding hydrogens is 280 g/mol. The Morgan fingerprint density at radius 3 is 2.17 bits per heavy atom. The number of hydrogen-bond acceptors (Lipinski definition) is 2. The van der Waals surface area contributed by atoms with Gasteiger partial charge in [-0.3, -0.25) is 4.90 Å². The summed E-state index contributed by atoms with van der Waals surface area (Å²) in [6.07, 6.45) is 8.98. The zero-order valence-corrected chi connectivity index (χ0v) is 14.5. The summed E-state index contributed by atoms with van der Waals surface area (Å²) in [7, 11) is 0. The summed E-state index contributed by atoms with van der Waals surface area (Å²) in [5, 5.41) is 0. The molecule has 1 heterocycles. The van der Waals surface area contributed by atoms with Crippen LogP contribution in [0, 0.1) is 17.8 Å². The summed E-state index contributed by atoms with van der Waals surface area (Å²) in [6, 6.07) is 9.20. The molecule has 2 bridgehead atoms. The second kappa shape index (κ2) is 6.78. The minimum absolute atomic E-state index is 0.898. The maximum absolute atomic E-state index is 2.72. The van der Waals surface area contributed by atoms with Crippen LogP contribution in [0.2, 0.25) is 0 Å². The molecule has 0 spiro atoms. The molecule has 1 aromatic carbocycles. The molecule has 0 amide bonds. The Balaban J connectivity index is 1.23. The minimum atomic E-state index is 0.898. The molecule has 1 aromatic rings. The molecule has 0 unspecified atom stereocenters. The molecule has 0 aromatic heterocycles. The number of fused-ring (bicyclic) bond motifs is 2. The Bertz CT molecular complexity index is 539. The molecule has 3 aliphatic rings. The van der Waals surface area contributed by atoms with Gasteiger partial charge in [-0.25, -0.2) is 0 Å². The standard InChI is InChI=1S/C21H30N2/c1-2-17-3-5-18(6-4-17)15-22-9-11-23(12-10-22)16-21-14-19-7-8-20(21)13-19/h3-8,19-21H,2,9-16H2,1H3/t19-,20+,21-/m1/s1. The summed E-state index contributed by atoms with van der Waals surface area (Å²) < 4.78 is 0. The average molecular weight is 310 g/mol. The third-order valence-electron chi connectivity index (χ3n) is 6.21. The van der Waals surface area contributed by atoms with Crippen LogP contribution in [-0.4, -0.2) is 42.5 Å². The number of allylic oxidation sites excluding steroid dienone is 2. The minimum Gasteiger partial charge on any atom is -0.300 e. The Hall–Kier alpha value is -1.12. The van der Waals surface area contributed by atoms with E-state index in [0.717, 1.165) is 30.7 Å². The van der Waals surface area contributed by atoms with Gasteiger partial charge in [-0.15, -0.1) is 0 Å². The van der Waals surface area contributed by atoms with Crippen LogP contribution in [0.1, 0.15) is 30.9 Å². The van der Waals surface area contributed by atoms with E-state index >= 15 is 0 Å². The van der Waals surface area contributed by atoms with E-state index in [1.54, 1.807) is 0 Å². The normalized spacial score (nSPS) is 31.1. The van der Waals surface area contributed by atoms with Gasteiger partial charge in [0.15, 0.2) is 0 Å². The van der Waals surface area contributed by atoms with Gasteiger partial charge in [-0.2, -0.15) is 0 Å². The third-order valence-corrected chi connectivity index (χ3v) is 6.21. The molecule has 4 rings (SSSR count). The first-order chi connectivity index (χ1) is 11.3. The summed E-state index contributed by atoms with van der Waals surface area (Å²) >= 11 is 0. The van der Waals surface area contributed by atoms with Crippen molar-refractivity contribution < 1.29 is 0 Å². The van der Waals surface area contributed by atoms with Crippen LogP contribution in [0.25, 0.3) is 0 Å². The lowest BCUT2D eigenvalue weighted by Crippen LogP contribution is -2.47. The van der Waals surface area contributed by atoms with Gasteiger partial charge in [0, 0.05) is 39.3 Å². The molecule has 3 atom stereocenters. The molecule has 2 heteroatoms. The van der Waals surface area contributed by atoms with Gasteiger partial charge in [0.2, 0.25) is 0 Å². The number of hydrogen-bond donors (Lipinski definition) is 0. The molecule has 124 valence electrons. The quantitative estimate of drug-likeness (QED) is 0.767. The van der Waals surface area contributed by atoms with Crippen molar-refractivity contribution in [2.75, 3.05) is 32.7 Å². The molecule has 1 saturated carbocycles. The first kappa shape index (κ1) is 15.4. The van der Waals surface area contributed by atoms with Crippen LogP contribution in [-0.2, 0) is 13.0 Å². The third kappa shape index (κ3) is 3.54. The predicted molar refractivity (Wildman–Crippen MR) is 96.4 cm³/mol. The SMILES string of the molecule is CCc1ccc(CN2CCN(C[C@H]3C[C@@H]4C=C[C@H]3C4)CC2)cc1. The smallest absolute Gasteiger partial charge is 0.0234 e. The van der Waals surface area contributed by atoms with Crippen molar-refractivity contribution in [2.45, 2.75) is 32.7 Å². The average Bonchev–Trinajstić information content (AvgIpc) is 3.20. The molecule has 2 aliphatic carbocycles. The Labute approximate surface area is 141 Å². The number of benzene rings is 1. The van der Waals surface area contributed by atoms with E-state index in [1.807, 2.05) is 0 Å². The van der Waals surface area contributed by atoms with Crippen molar-refractivity contribution in [3.63, 3.8) is 0 Å². The van der Waals surface area contributed by atoms with E-state index in [1.165, 1.54) is 56.7 Å². The van der Waals surface area contributed by atoms with E-state index in [4.69, 9.17) is 0 Å². The van der Waals surface area contributed by atoms with Crippen LogP contribution >= 0.6 is 0 Å². The van der Waals surface area contributed by atoms with Crippen molar-refractivity contribution in [2.24, 2.45) is 17.8 Å². The Morgan fingerprint density at radius 2 is 1.57 bits per heavy atom. The fraction of sp³-hybridized carbons (Fsp3) is 0.619. The van der Waals surface area contributed by atoms with Gasteiger partial charge < -0.3 is 4.90 Å². The highest BCUT2D eigenvalue weighted by Gasteiger charge is 2.36. The van der Waals surface area contributed by atoms with Crippen LogP contribution in [0.15, 0.2) is 36.4 Å². The van der Waals surface area contributed by atoms with Gasteiger partial charge in [0.1, 0.15) is 0 Å². The predicted octanol–water partition coefficient (Wildman–Crippen LogP) is 3.58. The van der Waals surface area contributed by atoms with Crippen molar-refractivity contribution >= 4 is 0 Å². The van der Waals surface area contributed by atoms with Crippen LogP contribution < -0.4 is 0 Å². The Morgan fingerprint density at radius 1 is 0.870 bits per heavy atom. The number of piperazine rings is 1. The molecule has 23 heavy (non-hydrogen) atoms. The van der Waals surface area contributed by atoms with Gasteiger partial charge >= 0.3 is 0 Å². The fourth-order valence-corrected chi connectivity index (χ4v) is 4.70. The molecule has 0 radical (unpaired) electrons. The van der Waals surface area contributed by atoms with Gasteiger partial charge in [0.05, 0.1) is 0 Å². The second-order valence-electron chi connectivity index (χ2n) is 7.79. The molecule has 2 nitrogen and oxygen atoms in total. The fourth-order valence-electron chi connectivity index (χ4n) is 4.70. The molecule has 2 fully saturated rings.